The van der Waals surface area contributed by atoms with E-state index in [4.69, 9.17) is 18.0 Å². The van der Waals surface area contributed by atoms with Crippen LogP contribution in [-0.4, -0.2) is 31.5 Å². The van der Waals surface area contributed by atoms with Gasteiger partial charge in [0.15, 0.2) is 0 Å². The molecule has 0 aliphatic heterocycles. The van der Waals surface area contributed by atoms with Gasteiger partial charge in [0, 0.05) is 24.9 Å². The average molecular weight is 277 g/mol. The summed E-state index contributed by atoms with van der Waals surface area (Å²) < 4.78 is 1.61. The molecule has 0 bridgehead atoms. The Balaban J connectivity index is 2.17. The number of rotatable bonds is 5. The number of carbonyl (C=O) groups is 1. The SMILES string of the molecule is CCC(CC(N)=S)NC(=O)c1cnn2ccncc12. The van der Waals surface area contributed by atoms with Crippen molar-refractivity contribution in [1.29, 1.82) is 0 Å². The first kappa shape index (κ1) is 13.4. The number of nitrogens with zero attached hydrogens (tertiary/aromatic N) is 3. The Bertz CT molecular complexity index is 609. The molecular formula is C12H15N5OS. The Morgan fingerprint density at radius 1 is 1.58 bits per heavy atom. The van der Waals surface area contributed by atoms with Crippen LogP contribution < -0.4 is 11.1 Å². The van der Waals surface area contributed by atoms with Gasteiger partial charge in [-0.1, -0.05) is 19.1 Å². The van der Waals surface area contributed by atoms with Gasteiger partial charge < -0.3 is 11.1 Å². The number of thiocarbonyl (C=S) groups is 1. The van der Waals surface area contributed by atoms with Crippen molar-refractivity contribution in [2.75, 3.05) is 0 Å². The van der Waals surface area contributed by atoms with Gasteiger partial charge in [0.2, 0.25) is 0 Å². The van der Waals surface area contributed by atoms with Crippen LogP contribution in [0.25, 0.3) is 5.52 Å². The molecule has 3 N–H and O–H groups in total. The van der Waals surface area contributed by atoms with Crippen molar-refractivity contribution in [3.8, 4) is 0 Å². The Labute approximate surface area is 116 Å². The van der Waals surface area contributed by atoms with E-state index < -0.39 is 0 Å². The van der Waals surface area contributed by atoms with Crippen LogP contribution in [0.2, 0.25) is 0 Å². The second-order valence-electron chi connectivity index (χ2n) is 4.21. The Kier molecular flexibility index (Phi) is 4.06. The second-order valence-corrected chi connectivity index (χ2v) is 4.74. The lowest BCUT2D eigenvalue weighted by atomic mass is 10.1. The van der Waals surface area contributed by atoms with Crippen LogP contribution in [0.3, 0.4) is 0 Å². The first-order valence-corrected chi connectivity index (χ1v) is 6.39. The maximum absolute atomic E-state index is 12.2. The quantitative estimate of drug-likeness (QED) is 0.794. The minimum absolute atomic E-state index is 0.0587. The summed E-state index contributed by atoms with van der Waals surface area (Å²) in [5.74, 6) is -0.189. The lowest BCUT2D eigenvalue weighted by Crippen LogP contribution is -2.37. The number of hydrogen-bond donors (Lipinski definition) is 2. The molecule has 0 aliphatic rings. The third-order valence-electron chi connectivity index (χ3n) is 2.84. The number of hydrogen-bond acceptors (Lipinski definition) is 4. The molecule has 6 nitrogen and oxygen atoms in total. The van der Waals surface area contributed by atoms with E-state index in [1.165, 1.54) is 6.20 Å². The first-order chi connectivity index (χ1) is 9.11. The van der Waals surface area contributed by atoms with Gasteiger partial charge in [0.1, 0.15) is 0 Å². The fraction of sp³-hybridized carbons (Fsp3) is 0.333. The molecule has 0 fully saturated rings. The fourth-order valence-electron chi connectivity index (χ4n) is 1.81. The predicted octanol–water partition coefficient (Wildman–Crippen LogP) is 0.914. The summed E-state index contributed by atoms with van der Waals surface area (Å²) >= 11 is 4.87. The van der Waals surface area contributed by atoms with E-state index in [0.717, 1.165) is 6.42 Å². The van der Waals surface area contributed by atoms with Crippen LogP contribution >= 0.6 is 12.2 Å². The molecule has 1 unspecified atom stereocenters. The fourth-order valence-corrected chi connectivity index (χ4v) is 2.01. The van der Waals surface area contributed by atoms with Gasteiger partial charge in [-0.3, -0.25) is 9.78 Å². The molecule has 0 aliphatic carbocycles. The molecule has 2 rings (SSSR count). The van der Waals surface area contributed by atoms with Crippen LogP contribution in [0, 0.1) is 0 Å². The molecule has 7 heteroatoms. The molecule has 2 aromatic rings. The van der Waals surface area contributed by atoms with E-state index in [2.05, 4.69) is 15.4 Å². The lowest BCUT2D eigenvalue weighted by Gasteiger charge is -2.15. The summed E-state index contributed by atoms with van der Waals surface area (Å²) in [5, 5.41) is 7.00. The number of amides is 1. The molecule has 1 amide bonds. The summed E-state index contributed by atoms with van der Waals surface area (Å²) in [4.78, 5) is 16.6. The molecule has 0 saturated heterocycles. The number of nitrogens with one attached hydrogen (secondary N) is 1. The number of carbonyl (C=O) groups excluding carboxylic acids is 1. The van der Waals surface area contributed by atoms with Gasteiger partial charge in [0.05, 0.1) is 28.5 Å². The van der Waals surface area contributed by atoms with E-state index in [1.807, 2.05) is 6.92 Å². The van der Waals surface area contributed by atoms with Crippen LogP contribution in [0.1, 0.15) is 30.1 Å². The van der Waals surface area contributed by atoms with Gasteiger partial charge in [-0.15, -0.1) is 0 Å². The van der Waals surface area contributed by atoms with Gasteiger partial charge in [-0.2, -0.15) is 5.10 Å². The van der Waals surface area contributed by atoms with Crippen LogP contribution in [0.5, 0.6) is 0 Å². The molecular weight excluding hydrogens is 262 g/mol. The highest BCUT2D eigenvalue weighted by Crippen LogP contribution is 2.09. The lowest BCUT2D eigenvalue weighted by molar-refractivity contribution is 0.0939. The van der Waals surface area contributed by atoms with Crippen molar-refractivity contribution in [3.63, 3.8) is 0 Å². The summed E-state index contributed by atoms with van der Waals surface area (Å²) in [6.45, 7) is 1.97. The smallest absolute Gasteiger partial charge is 0.255 e. The highest BCUT2D eigenvalue weighted by molar-refractivity contribution is 7.80. The van der Waals surface area contributed by atoms with Crippen molar-refractivity contribution >= 4 is 28.6 Å². The third kappa shape index (κ3) is 3.05. The normalized spacial score (nSPS) is 12.3. The highest BCUT2D eigenvalue weighted by atomic mass is 32.1. The van der Waals surface area contributed by atoms with Gasteiger partial charge in [-0.05, 0) is 6.42 Å². The zero-order valence-corrected chi connectivity index (χ0v) is 11.4. The van der Waals surface area contributed by atoms with Crippen molar-refractivity contribution in [3.05, 3.63) is 30.4 Å². The van der Waals surface area contributed by atoms with E-state index in [1.54, 1.807) is 23.1 Å². The van der Waals surface area contributed by atoms with E-state index in [-0.39, 0.29) is 11.9 Å². The first-order valence-electron chi connectivity index (χ1n) is 5.98. The van der Waals surface area contributed by atoms with E-state index >= 15 is 0 Å². The molecule has 0 aromatic carbocycles. The van der Waals surface area contributed by atoms with Crippen molar-refractivity contribution in [1.82, 2.24) is 19.9 Å². The van der Waals surface area contributed by atoms with Crippen LogP contribution in [-0.2, 0) is 0 Å². The van der Waals surface area contributed by atoms with E-state index in [0.29, 0.717) is 22.5 Å². The zero-order chi connectivity index (χ0) is 13.8. The molecule has 0 spiro atoms. The monoisotopic (exact) mass is 277 g/mol. The predicted molar refractivity (Wildman–Crippen MR) is 75.9 cm³/mol. The molecule has 0 saturated carbocycles. The van der Waals surface area contributed by atoms with E-state index in [9.17, 15) is 4.79 Å². The molecule has 1 atom stereocenters. The molecule has 100 valence electrons. The highest BCUT2D eigenvalue weighted by Gasteiger charge is 2.16. The van der Waals surface area contributed by atoms with Gasteiger partial charge >= 0.3 is 0 Å². The maximum atomic E-state index is 12.2. The Morgan fingerprint density at radius 2 is 2.37 bits per heavy atom. The number of aromatic nitrogens is 3. The van der Waals surface area contributed by atoms with Crippen LogP contribution in [0.4, 0.5) is 0 Å². The summed E-state index contributed by atoms with van der Waals surface area (Å²) in [6, 6.07) is -0.0587. The van der Waals surface area contributed by atoms with Crippen LogP contribution in [0.15, 0.2) is 24.8 Å². The average Bonchev–Trinajstić information content (AvgIpc) is 2.81. The number of nitrogens with two attached hydrogens (primary N) is 1. The number of fused-ring (bicyclic) bond motifs is 1. The molecule has 2 heterocycles. The minimum Gasteiger partial charge on any atom is -0.393 e. The molecule has 0 radical (unpaired) electrons. The van der Waals surface area contributed by atoms with Crippen molar-refractivity contribution in [2.24, 2.45) is 5.73 Å². The maximum Gasteiger partial charge on any atom is 0.255 e. The van der Waals surface area contributed by atoms with Gasteiger partial charge in [0.25, 0.3) is 5.91 Å². The van der Waals surface area contributed by atoms with Crippen molar-refractivity contribution in [2.45, 2.75) is 25.8 Å². The van der Waals surface area contributed by atoms with Gasteiger partial charge in [-0.25, -0.2) is 4.52 Å². The molecule has 19 heavy (non-hydrogen) atoms. The second kappa shape index (κ2) is 5.75. The summed E-state index contributed by atoms with van der Waals surface area (Å²) in [5.41, 5.74) is 6.67. The Hall–Kier alpha value is -2.02. The zero-order valence-electron chi connectivity index (χ0n) is 10.5. The summed E-state index contributed by atoms with van der Waals surface area (Å²) in [6.07, 6.45) is 7.70. The summed E-state index contributed by atoms with van der Waals surface area (Å²) in [7, 11) is 0. The third-order valence-corrected chi connectivity index (χ3v) is 3.01. The van der Waals surface area contributed by atoms with Crippen molar-refractivity contribution < 1.29 is 4.79 Å². The molecule has 2 aromatic heterocycles. The largest absolute Gasteiger partial charge is 0.393 e. The topological polar surface area (TPSA) is 85.3 Å². The minimum atomic E-state index is -0.189. The Morgan fingerprint density at radius 3 is 3.05 bits per heavy atom. The standard InChI is InChI=1S/C12H15N5OS/c1-2-8(5-11(13)19)16-12(18)9-6-15-17-4-3-14-7-10(9)17/h3-4,6-8H,2,5H2,1H3,(H2,13,19)(H,16,18).